The second-order valence-electron chi connectivity index (χ2n) is 6.46. The van der Waals surface area contributed by atoms with Crippen molar-refractivity contribution in [1.82, 2.24) is 15.2 Å². The molecule has 3 rings (SSSR count). The molecule has 0 aliphatic rings. The number of nitrogens with zero attached hydrogens (tertiary/aromatic N) is 3. The normalized spacial score (nSPS) is 10.8. The number of rotatable bonds is 6. The quantitative estimate of drug-likeness (QED) is 0.618. The van der Waals surface area contributed by atoms with Crippen LogP contribution in [0.3, 0.4) is 0 Å². The molecule has 2 aromatic carbocycles. The minimum absolute atomic E-state index is 0.400. The van der Waals surface area contributed by atoms with Crippen LogP contribution in [0.15, 0.2) is 48.7 Å². The molecule has 0 saturated carbocycles. The fraction of sp³-hybridized carbons (Fsp3) is 0.250. The molecule has 0 unspecified atom stereocenters. The van der Waals surface area contributed by atoms with Crippen LogP contribution in [0.5, 0.6) is 0 Å². The topological polar surface area (TPSA) is 62.7 Å². The number of nitrogens with one attached hydrogen (secondary N) is 2. The van der Waals surface area contributed by atoms with Gasteiger partial charge in [0.1, 0.15) is 0 Å². The van der Waals surface area contributed by atoms with E-state index in [1.54, 1.807) is 6.20 Å². The average Bonchev–Trinajstić information content (AvgIpc) is 2.63. The lowest BCUT2D eigenvalue weighted by Crippen LogP contribution is -2.07. The van der Waals surface area contributed by atoms with Gasteiger partial charge in [0.2, 0.25) is 5.95 Å². The Kier molecular flexibility index (Phi) is 5.68. The second-order valence-corrected chi connectivity index (χ2v) is 6.90. The van der Waals surface area contributed by atoms with Crippen LogP contribution in [0.2, 0.25) is 5.02 Å². The summed E-state index contributed by atoms with van der Waals surface area (Å²) in [4.78, 5) is 4.52. The van der Waals surface area contributed by atoms with Crippen molar-refractivity contribution in [3.63, 3.8) is 0 Å². The second kappa shape index (κ2) is 8.15. The lowest BCUT2D eigenvalue weighted by molar-refractivity contribution is 0.865. The summed E-state index contributed by atoms with van der Waals surface area (Å²) in [7, 11) is 0. The zero-order chi connectivity index (χ0) is 18.5. The van der Waals surface area contributed by atoms with E-state index in [4.69, 9.17) is 11.6 Å². The van der Waals surface area contributed by atoms with E-state index in [1.165, 1.54) is 5.56 Å². The maximum atomic E-state index is 5.92. The van der Waals surface area contributed by atoms with Gasteiger partial charge in [0.15, 0.2) is 5.82 Å². The number of aryl methyl sites for hydroxylation is 1. The summed E-state index contributed by atoms with van der Waals surface area (Å²) >= 11 is 5.92. The van der Waals surface area contributed by atoms with E-state index in [9.17, 15) is 0 Å². The standard InChI is InChI=1S/C20H22ClN5/c1-13(2)17-6-4-5-14(3)19(17)25-20-24-18(12-23-26-20)22-11-15-7-9-16(21)10-8-15/h4-10,12-13H,11H2,1-3H3,(H2,22,24,25,26). The number of halogens is 1. The maximum Gasteiger partial charge on any atom is 0.249 e. The van der Waals surface area contributed by atoms with E-state index in [2.05, 4.69) is 64.8 Å². The first kappa shape index (κ1) is 18.1. The van der Waals surface area contributed by atoms with Crippen molar-refractivity contribution in [3.8, 4) is 0 Å². The SMILES string of the molecule is Cc1cccc(C(C)C)c1Nc1nncc(NCc2ccc(Cl)cc2)n1. The molecule has 134 valence electrons. The lowest BCUT2D eigenvalue weighted by atomic mass is 9.98. The van der Waals surface area contributed by atoms with Crippen molar-refractivity contribution in [1.29, 1.82) is 0 Å². The summed E-state index contributed by atoms with van der Waals surface area (Å²) in [6, 6.07) is 14.0. The predicted molar refractivity (Wildman–Crippen MR) is 107 cm³/mol. The highest BCUT2D eigenvalue weighted by Crippen LogP contribution is 2.29. The fourth-order valence-electron chi connectivity index (χ4n) is 2.69. The Morgan fingerprint density at radius 3 is 2.58 bits per heavy atom. The van der Waals surface area contributed by atoms with Gasteiger partial charge >= 0.3 is 0 Å². The molecule has 2 N–H and O–H groups in total. The highest BCUT2D eigenvalue weighted by Gasteiger charge is 2.11. The van der Waals surface area contributed by atoms with E-state index in [-0.39, 0.29) is 0 Å². The third kappa shape index (κ3) is 4.49. The first-order valence-electron chi connectivity index (χ1n) is 8.57. The van der Waals surface area contributed by atoms with Crippen molar-refractivity contribution < 1.29 is 0 Å². The van der Waals surface area contributed by atoms with E-state index >= 15 is 0 Å². The molecule has 0 radical (unpaired) electrons. The molecule has 6 heteroatoms. The summed E-state index contributed by atoms with van der Waals surface area (Å²) in [5.41, 5.74) is 4.54. The Balaban J connectivity index is 1.75. The van der Waals surface area contributed by atoms with Gasteiger partial charge < -0.3 is 10.6 Å². The molecule has 1 heterocycles. The minimum Gasteiger partial charge on any atom is -0.365 e. The van der Waals surface area contributed by atoms with Crippen LogP contribution in [0.4, 0.5) is 17.5 Å². The first-order valence-corrected chi connectivity index (χ1v) is 8.95. The molecule has 0 aliphatic heterocycles. The maximum absolute atomic E-state index is 5.92. The van der Waals surface area contributed by atoms with Gasteiger partial charge in [-0.2, -0.15) is 10.1 Å². The third-order valence-electron chi connectivity index (χ3n) is 4.11. The van der Waals surface area contributed by atoms with E-state index in [0.717, 1.165) is 21.8 Å². The van der Waals surface area contributed by atoms with E-state index in [1.807, 2.05) is 24.3 Å². The number of anilines is 3. The average molecular weight is 368 g/mol. The van der Waals surface area contributed by atoms with Crippen LogP contribution in [0.25, 0.3) is 0 Å². The smallest absolute Gasteiger partial charge is 0.249 e. The van der Waals surface area contributed by atoms with Gasteiger partial charge in [-0.15, -0.1) is 5.10 Å². The monoisotopic (exact) mass is 367 g/mol. The summed E-state index contributed by atoms with van der Waals surface area (Å²) < 4.78 is 0. The number of hydrogen-bond donors (Lipinski definition) is 2. The van der Waals surface area contributed by atoms with Gasteiger partial charge in [-0.3, -0.25) is 0 Å². The van der Waals surface area contributed by atoms with Crippen LogP contribution >= 0.6 is 11.6 Å². The highest BCUT2D eigenvalue weighted by molar-refractivity contribution is 6.30. The van der Waals surface area contributed by atoms with E-state index < -0.39 is 0 Å². The van der Waals surface area contributed by atoms with Gasteiger partial charge in [0.05, 0.1) is 6.20 Å². The summed E-state index contributed by atoms with van der Waals surface area (Å²) in [5.74, 6) is 1.54. The molecule has 0 fully saturated rings. The third-order valence-corrected chi connectivity index (χ3v) is 4.36. The molecule has 0 atom stereocenters. The largest absolute Gasteiger partial charge is 0.365 e. The van der Waals surface area contributed by atoms with Gasteiger partial charge in [-0.1, -0.05) is 55.8 Å². The zero-order valence-electron chi connectivity index (χ0n) is 15.1. The number of benzene rings is 2. The molecule has 3 aromatic rings. The molecule has 5 nitrogen and oxygen atoms in total. The Morgan fingerprint density at radius 2 is 1.85 bits per heavy atom. The number of para-hydroxylation sites is 1. The van der Waals surface area contributed by atoms with Crippen LogP contribution in [-0.2, 0) is 6.54 Å². The van der Waals surface area contributed by atoms with Crippen molar-refractivity contribution in [2.75, 3.05) is 10.6 Å². The summed E-state index contributed by atoms with van der Waals surface area (Å²) in [5, 5.41) is 15.5. The Bertz CT molecular complexity index is 878. The molecular weight excluding hydrogens is 346 g/mol. The lowest BCUT2D eigenvalue weighted by Gasteiger charge is -2.16. The molecule has 26 heavy (non-hydrogen) atoms. The molecule has 0 amide bonds. The van der Waals surface area contributed by atoms with Crippen molar-refractivity contribution >= 4 is 29.1 Å². The predicted octanol–water partition coefficient (Wildman–Crippen LogP) is 5.31. The Hall–Kier alpha value is -2.66. The van der Waals surface area contributed by atoms with Crippen LogP contribution in [0, 0.1) is 6.92 Å². The van der Waals surface area contributed by atoms with Gasteiger partial charge in [-0.05, 0) is 41.7 Å². The van der Waals surface area contributed by atoms with Crippen LogP contribution in [-0.4, -0.2) is 15.2 Å². The summed E-state index contributed by atoms with van der Waals surface area (Å²) in [6.07, 6.45) is 1.61. The summed E-state index contributed by atoms with van der Waals surface area (Å²) in [6.45, 7) is 7.05. The molecule has 1 aromatic heterocycles. The fourth-order valence-corrected chi connectivity index (χ4v) is 2.82. The minimum atomic E-state index is 0.400. The van der Waals surface area contributed by atoms with Gasteiger partial charge in [-0.25, -0.2) is 0 Å². The van der Waals surface area contributed by atoms with Gasteiger partial charge in [0.25, 0.3) is 0 Å². The van der Waals surface area contributed by atoms with Gasteiger partial charge in [0, 0.05) is 17.3 Å². The zero-order valence-corrected chi connectivity index (χ0v) is 15.9. The number of hydrogen-bond acceptors (Lipinski definition) is 5. The van der Waals surface area contributed by atoms with Crippen molar-refractivity contribution in [2.24, 2.45) is 0 Å². The Labute approximate surface area is 158 Å². The van der Waals surface area contributed by atoms with Crippen molar-refractivity contribution in [3.05, 3.63) is 70.4 Å². The first-order chi connectivity index (χ1) is 12.5. The van der Waals surface area contributed by atoms with E-state index in [0.29, 0.717) is 24.2 Å². The highest BCUT2D eigenvalue weighted by atomic mass is 35.5. The number of aromatic nitrogens is 3. The van der Waals surface area contributed by atoms with Crippen molar-refractivity contribution in [2.45, 2.75) is 33.2 Å². The van der Waals surface area contributed by atoms with Crippen LogP contribution in [0.1, 0.15) is 36.5 Å². The molecule has 0 bridgehead atoms. The molecule has 0 saturated heterocycles. The molecule has 0 spiro atoms. The molecular formula is C20H22ClN5. The molecule has 0 aliphatic carbocycles. The Morgan fingerprint density at radius 1 is 1.08 bits per heavy atom. The van der Waals surface area contributed by atoms with Crippen LogP contribution < -0.4 is 10.6 Å².